The van der Waals surface area contributed by atoms with Crippen molar-refractivity contribution < 1.29 is 19.5 Å². The van der Waals surface area contributed by atoms with Gasteiger partial charge < -0.3 is 15.7 Å². The smallest absolute Gasteiger partial charge is 0.325 e. The molecule has 0 aliphatic carbocycles. The van der Waals surface area contributed by atoms with Crippen molar-refractivity contribution in [1.29, 1.82) is 0 Å². The molecule has 0 aliphatic heterocycles. The topological polar surface area (TPSA) is 126 Å². The van der Waals surface area contributed by atoms with Crippen molar-refractivity contribution in [1.82, 2.24) is 20.1 Å². The summed E-state index contributed by atoms with van der Waals surface area (Å²) in [7, 11) is 0. The number of anilines is 1. The van der Waals surface area contributed by atoms with E-state index in [9.17, 15) is 14.4 Å². The van der Waals surface area contributed by atoms with Gasteiger partial charge in [-0.25, -0.2) is 9.67 Å². The highest BCUT2D eigenvalue weighted by Gasteiger charge is 2.16. The third-order valence-electron chi connectivity index (χ3n) is 4.31. The molecule has 0 saturated carbocycles. The molecule has 3 N–H and O–H groups in total. The van der Waals surface area contributed by atoms with Gasteiger partial charge in [0.05, 0.1) is 11.8 Å². The maximum Gasteiger partial charge on any atom is 0.325 e. The lowest BCUT2D eigenvalue weighted by Crippen LogP contribution is -2.38. The standard InChI is InChI=1S/C20H21N5O4/c1-11(2)25-17-14(10-22-25)8-15(9-21-17)19(27)24-16-6-4-13(5-7-16)18(26)23-12(3)20(28)29/h4-12H,1-3H3,(H,23,26)(H,24,27)(H,28,29). The van der Waals surface area contributed by atoms with E-state index in [1.165, 1.54) is 25.3 Å². The Morgan fingerprint density at radius 3 is 2.31 bits per heavy atom. The molecule has 3 aromatic rings. The first-order chi connectivity index (χ1) is 13.8. The van der Waals surface area contributed by atoms with E-state index >= 15 is 0 Å². The van der Waals surface area contributed by atoms with Crippen LogP contribution in [-0.2, 0) is 4.79 Å². The Hall–Kier alpha value is -3.75. The highest BCUT2D eigenvalue weighted by Crippen LogP contribution is 2.18. The molecule has 0 radical (unpaired) electrons. The second-order valence-corrected chi connectivity index (χ2v) is 6.88. The van der Waals surface area contributed by atoms with Gasteiger partial charge in [0, 0.05) is 28.9 Å². The van der Waals surface area contributed by atoms with Crippen LogP contribution < -0.4 is 10.6 Å². The molecular formula is C20H21N5O4. The molecule has 2 aromatic heterocycles. The number of nitrogens with zero attached hydrogens (tertiary/aromatic N) is 3. The summed E-state index contributed by atoms with van der Waals surface area (Å²) in [4.78, 5) is 39.7. The summed E-state index contributed by atoms with van der Waals surface area (Å²) in [6, 6.07) is 7.04. The van der Waals surface area contributed by atoms with E-state index in [1.54, 1.807) is 29.1 Å². The van der Waals surface area contributed by atoms with Gasteiger partial charge in [-0.05, 0) is 51.1 Å². The van der Waals surface area contributed by atoms with Crippen LogP contribution in [0, 0.1) is 0 Å². The predicted molar refractivity (Wildman–Crippen MR) is 107 cm³/mol. The van der Waals surface area contributed by atoms with Gasteiger partial charge in [0.2, 0.25) is 0 Å². The monoisotopic (exact) mass is 395 g/mol. The number of carbonyl (C=O) groups is 3. The number of rotatable bonds is 6. The minimum absolute atomic E-state index is 0.161. The fourth-order valence-corrected chi connectivity index (χ4v) is 2.69. The minimum atomic E-state index is -1.12. The van der Waals surface area contributed by atoms with Gasteiger partial charge >= 0.3 is 5.97 Å². The quantitative estimate of drug-likeness (QED) is 0.589. The van der Waals surface area contributed by atoms with Crippen LogP contribution in [0.15, 0.2) is 42.7 Å². The van der Waals surface area contributed by atoms with Crippen molar-refractivity contribution in [2.24, 2.45) is 0 Å². The van der Waals surface area contributed by atoms with Crippen molar-refractivity contribution in [3.05, 3.63) is 53.9 Å². The molecule has 29 heavy (non-hydrogen) atoms. The van der Waals surface area contributed by atoms with Crippen molar-refractivity contribution >= 4 is 34.5 Å². The summed E-state index contributed by atoms with van der Waals surface area (Å²) in [6.07, 6.45) is 3.16. The first-order valence-corrected chi connectivity index (χ1v) is 9.04. The predicted octanol–water partition coefficient (Wildman–Crippen LogP) is 2.47. The molecule has 0 bridgehead atoms. The molecule has 9 nitrogen and oxygen atoms in total. The summed E-state index contributed by atoms with van der Waals surface area (Å²) in [6.45, 7) is 5.38. The molecule has 2 heterocycles. The molecule has 1 aromatic carbocycles. The number of pyridine rings is 1. The van der Waals surface area contributed by atoms with E-state index in [-0.39, 0.29) is 11.9 Å². The van der Waals surface area contributed by atoms with Gasteiger partial charge in [-0.3, -0.25) is 14.4 Å². The number of nitrogens with one attached hydrogen (secondary N) is 2. The van der Waals surface area contributed by atoms with Gasteiger partial charge in [0.25, 0.3) is 11.8 Å². The van der Waals surface area contributed by atoms with Crippen LogP contribution in [0.4, 0.5) is 5.69 Å². The van der Waals surface area contributed by atoms with Crippen LogP contribution in [0.5, 0.6) is 0 Å². The first kappa shape index (κ1) is 20.0. The Kier molecular flexibility index (Phi) is 5.58. The number of benzene rings is 1. The number of carbonyl (C=O) groups excluding carboxylic acids is 2. The second kappa shape index (κ2) is 8.09. The third-order valence-corrected chi connectivity index (χ3v) is 4.31. The van der Waals surface area contributed by atoms with Crippen molar-refractivity contribution in [3.63, 3.8) is 0 Å². The van der Waals surface area contributed by atoms with Crippen LogP contribution in [0.1, 0.15) is 47.5 Å². The summed E-state index contributed by atoms with van der Waals surface area (Å²) < 4.78 is 1.78. The van der Waals surface area contributed by atoms with Crippen LogP contribution in [0.25, 0.3) is 11.0 Å². The van der Waals surface area contributed by atoms with Gasteiger partial charge in [-0.2, -0.15) is 5.10 Å². The van der Waals surface area contributed by atoms with Gasteiger partial charge in [0.15, 0.2) is 5.65 Å². The van der Waals surface area contributed by atoms with Crippen LogP contribution >= 0.6 is 0 Å². The number of fused-ring (bicyclic) bond motifs is 1. The minimum Gasteiger partial charge on any atom is -0.480 e. The third kappa shape index (κ3) is 4.40. The number of amides is 2. The Bertz CT molecular complexity index is 1070. The largest absolute Gasteiger partial charge is 0.480 e. The summed E-state index contributed by atoms with van der Waals surface area (Å²) in [5.74, 6) is -1.96. The van der Waals surface area contributed by atoms with Crippen LogP contribution in [-0.4, -0.2) is 43.7 Å². The molecule has 1 atom stereocenters. The highest BCUT2D eigenvalue weighted by molar-refractivity contribution is 6.06. The molecule has 0 saturated heterocycles. The van der Waals surface area contributed by atoms with E-state index in [1.807, 2.05) is 13.8 Å². The molecule has 2 amide bonds. The normalized spacial score (nSPS) is 12.0. The number of aliphatic carboxylic acids is 1. The number of carboxylic acids is 1. The average Bonchev–Trinajstić information content (AvgIpc) is 3.11. The fourth-order valence-electron chi connectivity index (χ4n) is 2.69. The zero-order valence-electron chi connectivity index (χ0n) is 16.2. The lowest BCUT2D eigenvalue weighted by Gasteiger charge is -2.10. The van der Waals surface area contributed by atoms with Crippen molar-refractivity contribution in [3.8, 4) is 0 Å². The second-order valence-electron chi connectivity index (χ2n) is 6.88. The number of hydrogen-bond donors (Lipinski definition) is 3. The lowest BCUT2D eigenvalue weighted by molar-refractivity contribution is -0.138. The summed E-state index contributed by atoms with van der Waals surface area (Å²) >= 11 is 0. The Morgan fingerprint density at radius 2 is 1.69 bits per heavy atom. The number of aromatic nitrogens is 3. The molecule has 9 heteroatoms. The number of hydrogen-bond acceptors (Lipinski definition) is 5. The van der Waals surface area contributed by atoms with Gasteiger partial charge in [0.1, 0.15) is 6.04 Å². The molecule has 3 rings (SSSR count). The van der Waals surface area contributed by atoms with Gasteiger partial charge in [-0.15, -0.1) is 0 Å². The van der Waals surface area contributed by atoms with Crippen molar-refractivity contribution in [2.45, 2.75) is 32.9 Å². The average molecular weight is 395 g/mol. The first-order valence-electron chi connectivity index (χ1n) is 9.04. The highest BCUT2D eigenvalue weighted by atomic mass is 16.4. The summed E-state index contributed by atoms with van der Waals surface area (Å²) in [5, 5.41) is 19.0. The Balaban J connectivity index is 1.70. The van der Waals surface area contributed by atoms with E-state index in [2.05, 4.69) is 20.7 Å². The van der Waals surface area contributed by atoms with Crippen molar-refractivity contribution in [2.75, 3.05) is 5.32 Å². The van der Waals surface area contributed by atoms with E-state index < -0.39 is 17.9 Å². The number of carboxylic acid groups (broad SMARTS) is 1. The molecule has 0 fully saturated rings. The zero-order valence-corrected chi connectivity index (χ0v) is 16.2. The molecule has 150 valence electrons. The van der Waals surface area contributed by atoms with Crippen LogP contribution in [0.3, 0.4) is 0 Å². The molecular weight excluding hydrogens is 374 g/mol. The zero-order chi connectivity index (χ0) is 21.1. The van der Waals surface area contributed by atoms with E-state index in [4.69, 9.17) is 5.11 Å². The molecule has 1 unspecified atom stereocenters. The van der Waals surface area contributed by atoms with E-state index in [0.29, 0.717) is 22.5 Å². The lowest BCUT2D eigenvalue weighted by atomic mass is 10.1. The SMILES string of the molecule is CC(NC(=O)c1ccc(NC(=O)c2cnc3c(cnn3C(C)C)c2)cc1)C(=O)O. The maximum absolute atomic E-state index is 12.5. The molecule has 0 spiro atoms. The Labute approximate surface area is 166 Å². The molecule has 0 aliphatic rings. The fraction of sp³-hybridized carbons (Fsp3) is 0.250. The maximum atomic E-state index is 12.5. The van der Waals surface area contributed by atoms with Gasteiger partial charge in [-0.1, -0.05) is 0 Å². The summed E-state index contributed by atoms with van der Waals surface area (Å²) in [5.41, 5.74) is 1.89. The van der Waals surface area contributed by atoms with Crippen LogP contribution in [0.2, 0.25) is 0 Å². The Morgan fingerprint density at radius 1 is 1.00 bits per heavy atom. The van der Waals surface area contributed by atoms with E-state index in [0.717, 1.165) is 5.39 Å².